The zero-order chi connectivity index (χ0) is 24.7. The summed E-state index contributed by atoms with van der Waals surface area (Å²) in [5, 5.41) is 4.31. The first kappa shape index (κ1) is 23.3. The van der Waals surface area contributed by atoms with Gasteiger partial charge in [-0.3, -0.25) is 9.78 Å². The first-order valence-corrected chi connectivity index (χ1v) is 12.2. The molecule has 1 aliphatic heterocycles. The molecule has 4 aromatic rings. The van der Waals surface area contributed by atoms with Gasteiger partial charge in [-0.1, -0.05) is 13.8 Å². The van der Waals surface area contributed by atoms with Crippen LogP contribution in [0, 0.1) is 5.92 Å². The fourth-order valence-corrected chi connectivity index (χ4v) is 4.92. The number of likely N-dealkylation sites (N-methyl/N-ethyl adjacent to an activating group) is 1. The summed E-state index contributed by atoms with van der Waals surface area (Å²) in [5.74, 6) is 1.72. The molecule has 184 valence electrons. The van der Waals surface area contributed by atoms with Crippen molar-refractivity contribution in [1.29, 1.82) is 0 Å². The van der Waals surface area contributed by atoms with Crippen molar-refractivity contribution in [2.24, 2.45) is 5.92 Å². The van der Waals surface area contributed by atoms with Gasteiger partial charge in [-0.2, -0.15) is 5.10 Å². The van der Waals surface area contributed by atoms with Crippen LogP contribution in [0.1, 0.15) is 37.4 Å². The maximum absolute atomic E-state index is 12.2. The van der Waals surface area contributed by atoms with Crippen molar-refractivity contribution in [1.82, 2.24) is 34.4 Å². The topological polar surface area (TPSA) is 91.7 Å². The van der Waals surface area contributed by atoms with E-state index in [0.29, 0.717) is 23.9 Å². The Morgan fingerprint density at radius 1 is 1.29 bits per heavy atom. The summed E-state index contributed by atoms with van der Waals surface area (Å²) >= 11 is 0. The van der Waals surface area contributed by atoms with E-state index in [4.69, 9.17) is 9.72 Å². The molecule has 5 heterocycles. The van der Waals surface area contributed by atoms with Gasteiger partial charge in [0.25, 0.3) is 0 Å². The quantitative estimate of drug-likeness (QED) is 0.420. The van der Waals surface area contributed by atoms with E-state index in [1.165, 1.54) is 11.9 Å². The average molecular weight is 476 g/mol. The number of H-pyrrole nitrogens is 1. The second-order valence-corrected chi connectivity index (χ2v) is 10.0. The second-order valence-electron chi connectivity index (χ2n) is 10.0. The Hall–Kier alpha value is -3.46. The number of carbonyl (C=O) groups is 1. The third-order valence-corrected chi connectivity index (χ3v) is 6.73. The first-order valence-electron chi connectivity index (χ1n) is 12.2. The molecule has 5 rings (SSSR count). The monoisotopic (exact) mass is 475 g/mol. The second kappa shape index (κ2) is 9.30. The smallest absolute Gasteiger partial charge is 0.236 e. The van der Waals surface area contributed by atoms with Crippen LogP contribution >= 0.6 is 0 Å². The van der Waals surface area contributed by atoms with Gasteiger partial charge in [-0.25, -0.2) is 9.50 Å². The lowest BCUT2D eigenvalue weighted by molar-refractivity contribution is -0.138. The number of aryl methyl sites for hydroxylation is 1. The molecule has 0 unspecified atom stereocenters. The predicted octanol–water partition coefficient (Wildman–Crippen LogP) is 3.36. The highest BCUT2D eigenvalue weighted by molar-refractivity contribution is 5.89. The Morgan fingerprint density at radius 3 is 2.80 bits per heavy atom. The summed E-state index contributed by atoms with van der Waals surface area (Å²) in [6.07, 6.45) is 5.46. The van der Waals surface area contributed by atoms with Gasteiger partial charge in [0.05, 0.1) is 30.4 Å². The van der Waals surface area contributed by atoms with Crippen LogP contribution in [-0.4, -0.2) is 81.1 Å². The molecule has 0 spiro atoms. The average Bonchev–Trinajstić information content (AvgIpc) is 3.41. The van der Waals surface area contributed by atoms with Crippen LogP contribution in [0.15, 0.2) is 30.7 Å². The molecule has 1 fully saturated rings. The minimum Gasteiger partial charge on any atom is -0.493 e. The summed E-state index contributed by atoms with van der Waals surface area (Å²) in [5.41, 5.74) is 7.02. The van der Waals surface area contributed by atoms with Gasteiger partial charge in [0.2, 0.25) is 5.91 Å². The Labute approximate surface area is 205 Å². The first-order chi connectivity index (χ1) is 16.8. The van der Waals surface area contributed by atoms with E-state index >= 15 is 0 Å². The summed E-state index contributed by atoms with van der Waals surface area (Å²) in [7, 11) is 5.51. The SMILES string of the molecule is COc1cc(-c2[nH]c3ccc(CCC4CN(C(=O)CN(C)C)C4)nc3c2C(C)C)cn2ncnc12. The van der Waals surface area contributed by atoms with Crippen molar-refractivity contribution >= 4 is 22.6 Å². The Bertz CT molecular complexity index is 1370. The number of rotatable bonds is 8. The molecule has 0 aliphatic carbocycles. The van der Waals surface area contributed by atoms with Crippen LogP contribution in [0.2, 0.25) is 0 Å². The standard InChI is InChI=1S/C26H33N7O2/c1-16(2)23-24(18-10-21(35-5)26-27-15-28-33(26)13-18)30-20-9-8-19(29-25(20)23)7-6-17-11-32(12-17)22(34)14-31(3)4/h8-10,13,15-17,30H,6-7,11-12,14H2,1-5H3. The molecule has 1 N–H and O–H groups in total. The summed E-state index contributed by atoms with van der Waals surface area (Å²) in [6, 6.07) is 6.25. The fraction of sp³-hybridized carbons (Fsp3) is 0.462. The van der Waals surface area contributed by atoms with Crippen LogP contribution in [0.3, 0.4) is 0 Å². The number of carbonyl (C=O) groups excluding carboxylic acids is 1. The lowest BCUT2D eigenvalue weighted by Crippen LogP contribution is -2.52. The minimum atomic E-state index is 0.216. The van der Waals surface area contributed by atoms with Gasteiger partial charge in [-0.05, 0) is 57.0 Å². The van der Waals surface area contributed by atoms with Crippen molar-refractivity contribution < 1.29 is 9.53 Å². The van der Waals surface area contributed by atoms with E-state index in [0.717, 1.165) is 53.9 Å². The van der Waals surface area contributed by atoms with Gasteiger partial charge in [0, 0.05) is 36.1 Å². The molecule has 0 atom stereocenters. The maximum Gasteiger partial charge on any atom is 0.236 e. The molecule has 1 saturated heterocycles. The van der Waals surface area contributed by atoms with Crippen molar-refractivity contribution in [3.8, 4) is 17.0 Å². The molecule has 1 aliphatic rings. The van der Waals surface area contributed by atoms with E-state index in [1.54, 1.807) is 11.6 Å². The number of pyridine rings is 2. The highest BCUT2D eigenvalue weighted by atomic mass is 16.5. The van der Waals surface area contributed by atoms with Crippen LogP contribution in [0.5, 0.6) is 5.75 Å². The molecule has 0 radical (unpaired) electrons. The van der Waals surface area contributed by atoms with E-state index in [9.17, 15) is 4.79 Å². The van der Waals surface area contributed by atoms with Crippen LogP contribution in [-0.2, 0) is 11.2 Å². The van der Waals surface area contributed by atoms with Gasteiger partial charge >= 0.3 is 0 Å². The van der Waals surface area contributed by atoms with Crippen molar-refractivity contribution in [3.63, 3.8) is 0 Å². The van der Waals surface area contributed by atoms with E-state index in [-0.39, 0.29) is 11.8 Å². The molecule has 4 aromatic heterocycles. The third-order valence-electron chi connectivity index (χ3n) is 6.73. The van der Waals surface area contributed by atoms with Crippen molar-refractivity contribution in [2.75, 3.05) is 40.8 Å². The number of ether oxygens (including phenoxy) is 1. The predicted molar refractivity (Wildman–Crippen MR) is 136 cm³/mol. The molecular formula is C26H33N7O2. The summed E-state index contributed by atoms with van der Waals surface area (Å²) < 4.78 is 7.32. The molecule has 9 nitrogen and oxygen atoms in total. The van der Waals surface area contributed by atoms with Crippen LogP contribution in [0.4, 0.5) is 0 Å². The van der Waals surface area contributed by atoms with Crippen LogP contribution < -0.4 is 4.74 Å². The number of likely N-dealkylation sites (tertiary alicyclic amines) is 1. The maximum atomic E-state index is 12.2. The van der Waals surface area contributed by atoms with Crippen molar-refractivity contribution in [3.05, 3.63) is 42.0 Å². The number of nitrogens with one attached hydrogen (secondary N) is 1. The highest BCUT2D eigenvalue weighted by Gasteiger charge is 2.30. The number of fused-ring (bicyclic) bond motifs is 2. The number of hydrogen-bond donors (Lipinski definition) is 1. The van der Waals surface area contributed by atoms with Gasteiger partial charge in [0.1, 0.15) is 6.33 Å². The van der Waals surface area contributed by atoms with Gasteiger partial charge in [0.15, 0.2) is 11.4 Å². The van der Waals surface area contributed by atoms with E-state index in [1.807, 2.05) is 36.2 Å². The molecular weight excluding hydrogens is 442 g/mol. The summed E-state index contributed by atoms with van der Waals surface area (Å²) in [6.45, 7) is 6.58. The number of aromatic amines is 1. The molecule has 0 bridgehead atoms. The number of nitrogens with zero attached hydrogens (tertiary/aromatic N) is 6. The number of aromatic nitrogens is 5. The normalized spacial score (nSPS) is 14.4. The Kier molecular flexibility index (Phi) is 6.19. The van der Waals surface area contributed by atoms with E-state index in [2.05, 4.69) is 41.0 Å². The van der Waals surface area contributed by atoms with Crippen molar-refractivity contribution in [2.45, 2.75) is 32.6 Å². The van der Waals surface area contributed by atoms with Gasteiger partial charge in [-0.15, -0.1) is 0 Å². The third kappa shape index (κ3) is 4.48. The lowest BCUT2D eigenvalue weighted by atomic mass is 9.93. The number of amides is 1. The van der Waals surface area contributed by atoms with Gasteiger partial charge < -0.3 is 19.5 Å². The fourth-order valence-electron chi connectivity index (χ4n) is 4.92. The molecule has 1 amide bonds. The zero-order valence-corrected chi connectivity index (χ0v) is 21.1. The lowest BCUT2D eigenvalue weighted by Gasteiger charge is -2.40. The highest BCUT2D eigenvalue weighted by Crippen LogP contribution is 2.36. The minimum absolute atomic E-state index is 0.216. The molecule has 0 aromatic carbocycles. The number of methoxy groups -OCH3 is 1. The number of hydrogen-bond acceptors (Lipinski definition) is 6. The summed E-state index contributed by atoms with van der Waals surface area (Å²) in [4.78, 5) is 29.0. The zero-order valence-electron chi connectivity index (χ0n) is 21.1. The largest absolute Gasteiger partial charge is 0.493 e. The van der Waals surface area contributed by atoms with E-state index < -0.39 is 0 Å². The Balaban J connectivity index is 1.37. The Morgan fingerprint density at radius 2 is 2.09 bits per heavy atom. The molecule has 35 heavy (non-hydrogen) atoms. The molecule has 9 heteroatoms. The molecule has 0 saturated carbocycles. The van der Waals surface area contributed by atoms with Crippen LogP contribution in [0.25, 0.3) is 27.9 Å².